The Morgan fingerprint density at radius 2 is 1.31 bits per heavy atom. The summed E-state index contributed by atoms with van der Waals surface area (Å²) in [4.78, 5) is 12.0. The Hall–Kier alpha value is -3.07. The van der Waals surface area contributed by atoms with Gasteiger partial charge >= 0.3 is 18.3 Å². The fourth-order valence-corrected chi connectivity index (χ4v) is 3.95. The first-order valence-corrected chi connectivity index (χ1v) is 11.1. The molecule has 0 radical (unpaired) electrons. The van der Waals surface area contributed by atoms with Crippen LogP contribution in [0.5, 0.6) is 0 Å². The van der Waals surface area contributed by atoms with Crippen molar-refractivity contribution in [1.29, 1.82) is 0 Å². The maximum atomic E-state index is 14.1. The Bertz CT molecular complexity index is 1250. The van der Waals surface area contributed by atoms with E-state index < -0.39 is 46.7 Å². The minimum absolute atomic E-state index is 0.0155. The highest BCUT2D eigenvalue weighted by Gasteiger charge is 2.37. The molecule has 0 aliphatic carbocycles. The summed E-state index contributed by atoms with van der Waals surface area (Å²) in [6.07, 6.45) is -9.96. The molecule has 0 bridgehead atoms. The van der Waals surface area contributed by atoms with Crippen molar-refractivity contribution in [2.75, 3.05) is 0 Å². The number of hydrogen-bond acceptors (Lipinski definition) is 1. The molecule has 10 heteroatoms. The van der Waals surface area contributed by atoms with Gasteiger partial charge in [-0.3, -0.25) is 4.79 Å². The second kappa shape index (κ2) is 10.1. The van der Waals surface area contributed by atoms with Crippen molar-refractivity contribution < 1.29 is 40.6 Å². The van der Waals surface area contributed by atoms with Crippen LogP contribution in [0.2, 0.25) is 5.02 Å². The van der Waals surface area contributed by atoms with Gasteiger partial charge in [-0.1, -0.05) is 43.6 Å². The van der Waals surface area contributed by atoms with Crippen LogP contribution >= 0.6 is 11.6 Å². The Morgan fingerprint density at radius 1 is 0.806 bits per heavy atom. The van der Waals surface area contributed by atoms with Crippen LogP contribution in [-0.4, -0.2) is 11.1 Å². The molecule has 36 heavy (non-hydrogen) atoms. The Balaban J connectivity index is 2.33. The molecule has 1 N–H and O–H groups in total. The second-order valence-corrected chi connectivity index (χ2v) is 9.19. The number of alkyl halides is 6. The summed E-state index contributed by atoms with van der Waals surface area (Å²) >= 11 is 5.73. The molecule has 0 saturated carbocycles. The maximum Gasteiger partial charge on any atom is 0.416 e. The summed E-state index contributed by atoms with van der Waals surface area (Å²) in [5.41, 5.74) is -2.92. The molecule has 0 saturated heterocycles. The molecule has 3 aromatic carbocycles. The Labute approximate surface area is 207 Å². The van der Waals surface area contributed by atoms with Gasteiger partial charge in [0.15, 0.2) is 0 Å². The third kappa shape index (κ3) is 6.37. The highest BCUT2D eigenvalue weighted by Crippen LogP contribution is 2.40. The SMILES string of the molecule is CC(C)CC(C(=O)O)c1cc(-c2cc(C(F)(F)F)cc(C(F)(F)F)c2)cc(-c2ccc(Cl)c(F)c2)c1. The van der Waals surface area contributed by atoms with Crippen molar-refractivity contribution in [2.45, 2.75) is 38.5 Å². The van der Waals surface area contributed by atoms with Gasteiger partial charge in [-0.2, -0.15) is 26.3 Å². The van der Waals surface area contributed by atoms with E-state index in [0.29, 0.717) is 12.1 Å². The van der Waals surface area contributed by atoms with Crippen LogP contribution in [0.1, 0.15) is 42.9 Å². The fraction of sp³-hybridized carbons (Fsp3) is 0.269. The fourth-order valence-electron chi connectivity index (χ4n) is 3.83. The molecule has 0 aliphatic rings. The molecule has 0 aromatic heterocycles. The number of hydrogen-bond donors (Lipinski definition) is 1. The summed E-state index contributed by atoms with van der Waals surface area (Å²) < 4.78 is 94.8. The van der Waals surface area contributed by atoms with Crippen molar-refractivity contribution in [3.63, 3.8) is 0 Å². The zero-order valence-electron chi connectivity index (χ0n) is 18.9. The van der Waals surface area contributed by atoms with Crippen LogP contribution < -0.4 is 0 Å². The van der Waals surface area contributed by atoms with Gasteiger partial charge in [0.1, 0.15) is 5.82 Å². The van der Waals surface area contributed by atoms with Crippen LogP contribution in [0.15, 0.2) is 54.6 Å². The van der Waals surface area contributed by atoms with Crippen molar-refractivity contribution in [2.24, 2.45) is 5.92 Å². The van der Waals surface area contributed by atoms with Crippen LogP contribution in [0.4, 0.5) is 30.7 Å². The quantitative estimate of drug-likeness (QED) is 0.321. The Morgan fingerprint density at radius 3 is 1.75 bits per heavy atom. The van der Waals surface area contributed by atoms with E-state index in [9.17, 15) is 40.6 Å². The van der Waals surface area contributed by atoms with E-state index in [2.05, 4.69) is 0 Å². The summed E-state index contributed by atoms with van der Waals surface area (Å²) in [5, 5.41) is 9.62. The van der Waals surface area contributed by atoms with Gasteiger partial charge in [-0.05, 0) is 76.6 Å². The number of carboxylic acids is 1. The summed E-state index contributed by atoms with van der Waals surface area (Å²) in [6.45, 7) is 3.55. The minimum atomic E-state index is -5.06. The molecule has 2 nitrogen and oxygen atoms in total. The molecule has 1 atom stereocenters. The van der Waals surface area contributed by atoms with Crippen LogP contribution in [0.25, 0.3) is 22.3 Å². The second-order valence-electron chi connectivity index (χ2n) is 8.79. The van der Waals surface area contributed by atoms with Crippen molar-refractivity contribution >= 4 is 17.6 Å². The van der Waals surface area contributed by atoms with Gasteiger partial charge in [0.05, 0.1) is 22.1 Å². The molecule has 0 fully saturated rings. The van der Waals surface area contributed by atoms with Gasteiger partial charge in [0, 0.05) is 0 Å². The monoisotopic (exact) mass is 532 g/mol. The predicted molar refractivity (Wildman–Crippen MR) is 122 cm³/mol. The predicted octanol–water partition coefficient (Wildman–Crippen LogP) is 9.06. The number of benzene rings is 3. The van der Waals surface area contributed by atoms with Crippen molar-refractivity contribution in [1.82, 2.24) is 0 Å². The average molecular weight is 533 g/mol. The summed E-state index contributed by atoms with van der Waals surface area (Å²) in [5.74, 6) is -3.20. The molecule has 0 amide bonds. The van der Waals surface area contributed by atoms with Gasteiger partial charge in [-0.25, -0.2) is 4.39 Å². The van der Waals surface area contributed by atoms with Crippen LogP contribution in [-0.2, 0) is 17.1 Å². The lowest BCUT2D eigenvalue weighted by atomic mass is 9.86. The lowest BCUT2D eigenvalue weighted by Crippen LogP contribution is -2.14. The van der Waals surface area contributed by atoms with E-state index in [4.69, 9.17) is 11.6 Å². The van der Waals surface area contributed by atoms with E-state index in [0.717, 1.165) is 6.07 Å². The van der Waals surface area contributed by atoms with Crippen molar-refractivity contribution in [3.8, 4) is 22.3 Å². The zero-order chi connectivity index (χ0) is 27.0. The molecular weight excluding hydrogens is 513 g/mol. The van der Waals surface area contributed by atoms with Gasteiger partial charge < -0.3 is 5.11 Å². The molecule has 3 rings (SSSR count). The topological polar surface area (TPSA) is 37.3 Å². The van der Waals surface area contributed by atoms with E-state index >= 15 is 0 Å². The first kappa shape index (κ1) is 27.5. The van der Waals surface area contributed by atoms with Crippen molar-refractivity contribution in [3.05, 3.63) is 82.1 Å². The number of rotatable bonds is 6. The minimum Gasteiger partial charge on any atom is -0.481 e. The molecule has 0 aliphatic heterocycles. The summed E-state index contributed by atoms with van der Waals surface area (Å²) in [7, 11) is 0. The van der Waals surface area contributed by atoms with Crippen LogP contribution in [0, 0.1) is 11.7 Å². The zero-order valence-corrected chi connectivity index (χ0v) is 19.7. The number of halogens is 8. The highest BCUT2D eigenvalue weighted by molar-refractivity contribution is 6.30. The lowest BCUT2D eigenvalue weighted by molar-refractivity contribution is -0.143. The normalized spacial score (nSPS) is 13.2. The summed E-state index contributed by atoms with van der Waals surface area (Å²) in [6, 6.07) is 8.84. The largest absolute Gasteiger partial charge is 0.481 e. The standard InChI is InChI=1S/C26H20ClF7O2/c1-13(2)5-21(24(35)36)18-7-15(14-3-4-22(27)23(28)11-14)6-16(8-18)17-9-19(25(29,30)31)12-20(10-17)26(32,33)34/h3-4,6-13,21H,5H2,1-2H3,(H,35,36). The van der Waals surface area contributed by atoms with E-state index in [1.165, 1.54) is 30.3 Å². The third-order valence-corrected chi connectivity index (χ3v) is 5.84. The Kier molecular flexibility index (Phi) is 7.74. The number of carboxylic acid groups (broad SMARTS) is 1. The van der Waals surface area contributed by atoms with E-state index in [1.54, 1.807) is 13.8 Å². The number of carbonyl (C=O) groups is 1. The van der Waals surface area contributed by atoms with E-state index in [-0.39, 0.29) is 45.7 Å². The first-order valence-electron chi connectivity index (χ1n) is 10.7. The maximum absolute atomic E-state index is 14.1. The smallest absolute Gasteiger partial charge is 0.416 e. The van der Waals surface area contributed by atoms with Gasteiger partial charge in [0.2, 0.25) is 0 Å². The van der Waals surface area contributed by atoms with Crippen LogP contribution in [0.3, 0.4) is 0 Å². The lowest BCUT2D eigenvalue weighted by Gasteiger charge is -2.19. The molecule has 3 aromatic rings. The molecular formula is C26H20ClF7O2. The molecule has 0 heterocycles. The molecule has 0 spiro atoms. The third-order valence-electron chi connectivity index (χ3n) is 5.54. The van der Waals surface area contributed by atoms with Gasteiger partial charge in [0.25, 0.3) is 0 Å². The highest BCUT2D eigenvalue weighted by atomic mass is 35.5. The first-order chi connectivity index (χ1) is 16.6. The molecule has 192 valence electrons. The van der Waals surface area contributed by atoms with E-state index in [1.807, 2.05) is 0 Å². The number of aliphatic carboxylic acids is 1. The van der Waals surface area contributed by atoms with Gasteiger partial charge in [-0.15, -0.1) is 0 Å². The average Bonchev–Trinajstić information content (AvgIpc) is 2.77. The molecule has 1 unspecified atom stereocenters.